The van der Waals surface area contributed by atoms with E-state index in [4.69, 9.17) is 11.6 Å². The van der Waals surface area contributed by atoms with Gasteiger partial charge in [-0.2, -0.15) is 0 Å². The van der Waals surface area contributed by atoms with Crippen LogP contribution in [-0.2, 0) is 10.0 Å². The lowest BCUT2D eigenvalue weighted by Gasteiger charge is -2.30. The smallest absolute Gasteiger partial charge is 0.211 e. The van der Waals surface area contributed by atoms with Gasteiger partial charge in [0.1, 0.15) is 0 Å². The average molecular weight is 270 g/mol. The number of hydrogen-bond donors (Lipinski definition) is 1. The molecule has 0 aliphatic heterocycles. The van der Waals surface area contributed by atoms with Gasteiger partial charge in [0.25, 0.3) is 0 Å². The molecule has 0 saturated carbocycles. The second-order valence-electron chi connectivity index (χ2n) is 5.19. The maximum Gasteiger partial charge on any atom is 0.211 e. The van der Waals surface area contributed by atoms with Crippen molar-refractivity contribution in [3.05, 3.63) is 0 Å². The molecule has 98 valence electrons. The molecule has 0 aromatic carbocycles. The largest absolute Gasteiger partial charge is 0.212 e. The normalized spacial score (nSPS) is 15.1. The van der Waals surface area contributed by atoms with Gasteiger partial charge in [-0.15, -0.1) is 11.6 Å². The Morgan fingerprint density at radius 1 is 1.31 bits per heavy atom. The quantitative estimate of drug-likeness (QED) is 0.723. The molecule has 0 aliphatic rings. The second kappa shape index (κ2) is 6.82. The molecule has 0 fully saturated rings. The van der Waals surface area contributed by atoms with E-state index in [-0.39, 0.29) is 17.2 Å². The first kappa shape index (κ1) is 16.2. The lowest BCUT2D eigenvalue weighted by atomic mass is 9.86. The topological polar surface area (TPSA) is 46.2 Å². The molecule has 3 nitrogen and oxygen atoms in total. The Morgan fingerprint density at radius 2 is 1.88 bits per heavy atom. The molecule has 0 aromatic rings. The fraction of sp³-hybridized carbons (Fsp3) is 1.00. The van der Waals surface area contributed by atoms with Crippen LogP contribution in [0.25, 0.3) is 0 Å². The molecule has 5 heteroatoms. The number of unbranched alkanes of at least 4 members (excludes halogenated alkanes) is 1. The third-order valence-electron chi connectivity index (χ3n) is 2.53. The van der Waals surface area contributed by atoms with Crippen LogP contribution in [0.3, 0.4) is 0 Å². The number of rotatable bonds is 7. The summed E-state index contributed by atoms with van der Waals surface area (Å²) in [6.45, 7) is 8.04. The molecule has 0 bridgehead atoms. The van der Waals surface area contributed by atoms with E-state index < -0.39 is 10.0 Å². The van der Waals surface area contributed by atoms with Gasteiger partial charge in [0, 0.05) is 11.9 Å². The molecular weight excluding hydrogens is 246 g/mol. The highest BCUT2D eigenvalue weighted by atomic mass is 35.5. The fourth-order valence-electron chi connectivity index (χ4n) is 1.39. The van der Waals surface area contributed by atoms with E-state index in [0.717, 1.165) is 6.42 Å². The first-order chi connectivity index (χ1) is 7.23. The summed E-state index contributed by atoms with van der Waals surface area (Å²) < 4.78 is 26.3. The van der Waals surface area contributed by atoms with Crippen LogP contribution in [0.15, 0.2) is 0 Å². The zero-order valence-corrected chi connectivity index (χ0v) is 12.3. The third kappa shape index (κ3) is 6.71. The Bertz CT molecular complexity index is 283. The van der Waals surface area contributed by atoms with Gasteiger partial charge in [-0.1, -0.05) is 34.1 Å². The van der Waals surface area contributed by atoms with Crippen molar-refractivity contribution >= 4 is 21.6 Å². The van der Waals surface area contributed by atoms with Gasteiger partial charge < -0.3 is 0 Å². The standard InChI is InChI=1S/C11H24ClNO2S/c1-5-6-9-16(14,15)13-10(7-8-12)11(2,3)4/h10,13H,5-9H2,1-4H3. The molecule has 0 rings (SSSR count). The minimum absolute atomic E-state index is 0.0909. The molecule has 0 amide bonds. The molecule has 1 unspecified atom stereocenters. The summed E-state index contributed by atoms with van der Waals surface area (Å²) >= 11 is 5.70. The minimum Gasteiger partial charge on any atom is -0.212 e. The van der Waals surface area contributed by atoms with E-state index in [1.54, 1.807) is 0 Å². The van der Waals surface area contributed by atoms with Crippen LogP contribution in [0.4, 0.5) is 0 Å². The van der Waals surface area contributed by atoms with Crippen molar-refractivity contribution in [3.63, 3.8) is 0 Å². The zero-order valence-electron chi connectivity index (χ0n) is 10.7. The van der Waals surface area contributed by atoms with Crippen molar-refractivity contribution in [3.8, 4) is 0 Å². The number of sulfonamides is 1. The van der Waals surface area contributed by atoms with E-state index in [0.29, 0.717) is 18.7 Å². The molecule has 0 saturated heterocycles. The lowest BCUT2D eigenvalue weighted by Crippen LogP contribution is -2.44. The van der Waals surface area contributed by atoms with Crippen LogP contribution in [0.1, 0.15) is 47.0 Å². The highest BCUT2D eigenvalue weighted by Crippen LogP contribution is 2.23. The first-order valence-electron chi connectivity index (χ1n) is 5.79. The maximum atomic E-state index is 11.8. The Balaban J connectivity index is 4.50. The van der Waals surface area contributed by atoms with E-state index in [2.05, 4.69) is 4.72 Å². The first-order valence-corrected chi connectivity index (χ1v) is 7.97. The van der Waals surface area contributed by atoms with E-state index >= 15 is 0 Å². The summed E-state index contributed by atoms with van der Waals surface area (Å²) in [5.74, 6) is 0.677. The van der Waals surface area contributed by atoms with Gasteiger partial charge in [-0.3, -0.25) is 0 Å². The van der Waals surface area contributed by atoms with Crippen LogP contribution >= 0.6 is 11.6 Å². The Morgan fingerprint density at radius 3 is 2.25 bits per heavy atom. The molecular formula is C11H24ClNO2S. The summed E-state index contributed by atoms with van der Waals surface area (Å²) in [6, 6.07) is -0.0909. The highest BCUT2D eigenvalue weighted by molar-refractivity contribution is 7.89. The molecule has 0 heterocycles. The van der Waals surface area contributed by atoms with Gasteiger partial charge >= 0.3 is 0 Å². The number of nitrogens with one attached hydrogen (secondary N) is 1. The molecule has 0 spiro atoms. The summed E-state index contributed by atoms with van der Waals surface area (Å²) in [6.07, 6.45) is 2.25. The number of halogens is 1. The summed E-state index contributed by atoms with van der Waals surface area (Å²) in [5, 5.41) is 0. The Labute approximate surface area is 105 Å². The van der Waals surface area contributed by atoms with Gasteiger partial charge in [0.15, 0.2) is 0 Å². The molecule has 0 radical (unpaired) electrons. The molecule has 1 N–H and O–H groups in total. The van der Waals surface area contributed by atoms with E-state index in [9.17, 15) is 8.42 Å². The Hall–Kier alpha value is 0.200. The number of alkyl halides is 1. The van der Waals surface area contributed by atoms with Crippen LogP contribution < -0.4 is 4.72 Å². The maximum absolute atomic E-state index is 11.8. The predicted molar refractivity (Wildman–Crippen MR) is 70.4 cm³/mol. The van der Waals surface area contributed by atoms with Crippen LogP contribution in [-0.4, -0.2) is 26.1 Å². The third-order valence-corrected chi connectivity index (χ3v) is 4.22. The predicted octanol–water partition coefficient (Wildman–Crippen LogP) is 2.75. The number of hydrogen-bond acceptors (Lipinski definition) is 2. The van der Waals surface area contributed by atoms with Crippen molar-refractivity contribution in [2.45, 2.75) is 53.0 Å². The SMILES string of the molecule is CCCCS(=O)(=O)NC(CCCl)C(C)(C)C. The van der Waals surface area contributed by atoms with Gasteiger partial charge in [0.05, 0.1) is 5.75 Å². The van der Waals surface area contributed by atoms with Crippen LogP contribution in [0.5, 0.6) is 0 Å². The van der Waals surface area contributed by atoms with Gasteiger partial charge in [0.2, 0.25) is 10.0 Å². The molecule has 1 atom stereocenters. The summed E-state index contributed by atoms with van der Waals surface area (Å²) in [7, 11) is -3.16. The molecule has 16 heavy (non-hydrogen) atoms. The molecule has 0 aliphatic carbocycles. The van der Waals surface area contributed by atoms with Crippen molar-refractivity contribution < 1.29 is 8.42 Å². The molecule has 0 aromatic heterocycles. The van der Waals surface area contributed by atoms with Crippen molar-refractivity contribution in [1.29, 1.82) is 0 Å². The summed E-state index contributed by atoms with van der Waals surface area (Å²) in [4.78, 5) is 0. The van der Waals surface area contributed by atoms with Crippen molar-refractivity contribution in [2.75, 3.05) is 11.6 Å². The van der Waals surface area contributed by atoms with Crippen LogP contribution in [0, 0.1) is 5.41 Å². The van der Waals surface area contributed by atoms with Gasteiger partial charge in [-0.05, 0) is 18.3 Å². The average Bonchev–Trinajstić information content (AvgIpc) is 2.12. The fourth-order valence-corrected chi connectivity index (χ4v) is 3.30. The van der Waals surface area contributed by atoms with Crippen LogP contribution in [0.2, 0.25) is 0 Å². The monoisotopic (exact) mass is 269 g/mol. The highest BCUT2D eigenvalue weighted by Gasteiger charge is 2.27. The van der Waals surface area contributed by atoms with E-state index in [1.807, 2.05) is 27.7 Å². The minimum atomic E-state index is -3.16. The summed E-state index contributed by atoms with van der Waals surface area (Å²) in [5.41, 5.74) is -0.103. The van der Waals surface area contributed by atoms with Crippen molar-refractivity contribution in [1.82, 2.24) is 4.72 Å². The second-order valence-corrected chi connectivity index (χ2v) is 7.44. The van der Waals surface area contributed by atoms with Gasteiger partial charge in [-0.25, -0.2) is 13.1 Å². The zero-order chi connectivity index (χ0) is 12.8. The van der Waals surface area contributed by atoms with Crippen molar-refractivity contribution in [2.24, 2.45) is 5.41 Å². The Kier molecular flexibility index (Phi) is 6.90. The van der Waals surface area contributed by atoms with E-state index in [1.165, 1.54) is 0 Å². The lowest BCUT2D eigenvalue weighted by molar-refractivity contribution is 0.292.